The molecule has 0 atom stereocenters. The van der Waals surface area contributed by atoms with Gasteiger partial charge < -0.3 is 14.5 Å². The Morgan fingerprint density at radius 1 is 1.16 bits per heavy atom. The molecule has 1 aromatic carbocycles. The highest BCUT2D eigenvalue weighted by Gasteiger charge is 2.27. The maximum absolute atomic E-state index is 12.5. The second kappa shape index (κ2) is 7.73. The van der Waals surface area contributed by atoms with Crippen molar-refractivity contribution >= 4 is 27.5 Å². The Hall–Kier alpha value is -2.29. The molecule has 1 saturated heterocycles. The Labute approximate surface area is 148 Å². The van der Waals surface area contributed by atoms with Gasteiger partial charge in [0.25, 0.3) is 0 Å². The summed E-state index contributed by atoms with van der Waals surface area (Å²) < 4.78 is 30.5. The number of carbonyl (C=O) groups excluding carboxylic acids is 2. The monoisotopic (exact) mass is 369 g/mol. The lowest BCUT2D eigenvalue weighted by atomic mass is 10.3. The number of piperazine rings is 1. The molecule has 0 unspecified atom stereocenters. The first kappa shape index (κ1) is 19.0. The Balaban J connectivity index is 2.13. The van der Waals surface area contributed by atoms with E-state index in [0.29, 0.717) is 37.6 Å². The van der Waals surface area contributed by atoms with Crippen molar-refractivity contribution in [2.24, 2.45) is 0 Å². The minimum atomic E-state index is -3.64. The van der Waals surface area contributed by atoms with E-state index in [1.54, 1.807) is 34.1 Å². The number of rotatable bonds is 5. The summed E-state index contributed by atoms with van der Waals surface area (Å²) in [6, 6.07) is 6.56. The van der Waals surface area contributed by atoms with E-state index >= 15 is 0 Å². The van der Waals surface area contributed by atoms with Gasteiger partial charge in [0.05, 0.1) is 19.1 Å². The molecular formula is C16H23N3O5S. The molecule has 0 N–H and O–H groups in total. The fourth-order valence-electron chi connectivity index (χ4n) is 2.66. The quantitative estimate of drug-likeness (QED) is 0.737. The topological polar surface area (TPSA) is 87.2 Å². The van der Waals surface area contributed by atoms with Crippen LogP contribution in [0.15, 0.2) is 24.3 Å². The molecule has 2 amide bonds. The Morgan fingerprint density at radius 2 is 1.76 bits per heavy atom. The first-order chi connectivity index (χ1) is 11.7. The molecule has 2 rings (SSSR count). The highest BCUT2D eigenvalue weighted by atomic mass is 32.2. The summed E-state index contributed by atoms with van der Waals surface area (Å²) in [5, 5.41) is 0. The van der Waals surface area contributed by atoms with Gasteiger partial charge >= 0.3 is 0 Å². The molecule has 0 spiro atoms. The zero-order valence-corrected chi connectivity index (χ0v) is 15.5. The predicted octanol–water partition coefficient (Wildman–Crippen LogP) is 0.152. The van der Waals surface area contributed by atoms with Crippen LogP contribution in [0.5, 0.6) is 5.75 Å². The molecule has 1 aliphatic rings. The number of nitrogens with zero attached hydrogens (tertiary/aromatic N) is 3. The van der Waals surface area contributed by atoms with Crippen molar-refractivity contribution in [3.05, 3.63) is 24.3 Å². The van der Waals surface area contributed by atoms with E-state index in [2.05, 4.69) is 0 Å². The van der Waals surface area contributed by atoms with Crippen molar-refractivity contribution in [1.29, 1.82) is 0 Å². The van der Waals surface area contributed by atoms with Crippen molar-refractivity contribution in [2.75, 3.05) is 50.4 Å². The summed E-state index contributed by atoms with van der Waals surface area (Å²) in [7, 11) is -2.15. The summed E-state index contributed by atoms with van der Waals surface area (Å²) in [6.07, 6.45) is 1.06. The predicted molar refractivity (Wildman–Crippen MR) is 94.0 cm³/mol. The Kier molecular flexibility index (Phi) is 5.89. The number of methoxy groups -OCH3 is 1. The number of hydrogen-bond donors (Lipinski definition) is 0. The van der Waals surface area contributed by atoms with Crippen LogP contribution in [0.2, 0.25) is 0 Å². The molecule has 1 fully saturated rings. The average Bonchev–Trinajstić information content (AvgIpc) is 2.58. The summed E-state index contributed by atoms with van der Waals surface area (Å²) in [5.74, 6) is 0.186. The normalized spacial score (nSPS) is 15.0. The first-order valence-corrected chi connectivity index (χ1v) is 9.72. The largest absolute Gasteiger partial charge is 0.497 e. The first-order valence-electron chi connectivity index (χ1n) is 7.87. The van der Waals surface area contributed by atoms with E-state index in [1.807, 2.05) is 0 Å². The molecule has 0 aliphatic carbocycles. The van der Waals surface area contributed by atoms with Gasteiger partial charge in [-0.15, -0.1) is 0 Å². The Bertz CT molecular complexity index is 742. The van der Waals surface area contributed by atoms with E-state index in [1.165, 1.54) is 14.0 Å². The number of benzene rings is 1. The van der Waals surface area contributed by atoms with Gasteiger partial charge in [-0.05, 0) is 12.1 Å². The van der Waals surface area contributed by atoms with Gasteiger partial charge in [-0.1, -0.05) is 6.07 Å². The van der Waals surface area contributed by atoms with Gasteiger partial charge in [0.2, 0.25) is 21.8 Å². The van der Waals surface area contributed by atoms with Gasteiger partial charge in [0.15, 0.2) is 0 Å². The van der Waals surface area contributed by atoms with Crippen molar-refractivity contribution in [3.63, 3.8) is 0 Å². The van der Waals surface area contributed by atoms with Crippen molar-refractivity contribution < 1.29 is 22.7 Å². The van der Waals surface area contributed by atoms with Crippen molar-refractivity contribution in [3.8, 4) is 5.75 Å². The molecule has 0 bridgehead atoms. The summed E-state index contributed by atoms with van der Waals surface area (Å²) in [6.45, 7) is 2.91. The minimum absolute atomic E-state index is 0.0266. The second-order valence-electron chi connectivity index (χ2n) is 5.86. The molecule has 1 heterocycles. The number of sulfonamides is 1. The molecule has 0 saturated carbocycles. The second-order valence-corrected chi connectivity index (χ2v) is 7.76. The molecule has 0 aromatic heterocycles. The highest BCUT2D eigenvalue weighted by Crippen LogP contribution is 2.23. The van der Waals surface area contributed by atoms with Crippen LogP contribution in [-0.2, 0) is 19.6 Å². The zero-order valence-electron chi connectivity index (χ0n) is 14.6. The standard InChI is InChI=1S/C16H23N3O5S/c1-13(20)17-7-9-18(10-8-17)16(21)12-19(25(3,22)23)14-5-4-6-15(11-14)24-2/h4-6,11H,7-10,12H2,1-3H3. The van der Waals surface area contributed by atoms with Gasteiger partial charge in [-0.2, -0.15) is 0 Å². The fourth-order valence-corrected chi connectivity index (χ4v) is 3.50. The van der Waals surface area contributed by atoms with E-state index < -0.39 is 10.0 Å². The zero-order chi connectivity index (χ0) is 18.6. The molecule has 8 nitrogen and oxygen atoms in total. The van der Waals surface area contributed by atoms with Gasteiger partial charge in [-0.25, -0.2) is 8.42 Å². The van der Waals surface area contributed by atoms with Gasteiger partial charge in [0, 0.05) is 39.2 Å². The van der Waals surface area contributed by atoms with Crippen molar-refractivity contribution in [1.82, 2.24) is 9.80 Å². The van der Waals surface area contributed by atoms with Crippen LogP contribution in [0.25, 0.3) is 0 Å². The SMILES string of the molecule is COc1cccc(N(CC(=O)N2CCN(C(C)=O)CC2)S(C)(=O)=O)c1. The molecule has 0 radical (unpaired) electrons. The summed E-state index contributed by atoms with van der Waals surface area (Å²) in [5.41, 5.74) is 0.373. The number of amides is 2. The summed E-state index contributed by atoms with van der Waals surface area (Å²) >= 11 is 0. The number of ether oxygens (including phenoxy) is 1. The number of hydrogen-bond acceptors (Lipinski definition) is 5. The average molecular weight is 369 g/mol. The number of carbonyl (C=O) groups is 2. The fraction of sp³-hybridized carbons (Fsp3) is 0.500. The van der Waals surface area contributed by atoms with Crippen LogP contribution >= 0.6 is 0 Å². The maximum Gasteiger partial charge on any atom is 0.243 e. The Morgan fingerprint density at radius 3 is 2.28 bits per heavy atom. The van der Waals surface area contributed by atoms with Gasteiger partial charge in [0.1, 0.15) is 12.3 Å². The number of anilines is 1. The molecular weight excluding hydrogens is 346 g/mol. The smallest absolute Gasteiger partial charge is 0.243 e. The maximum atomic E-state index is 12.5. The van der Waals surface area contributed by atoms with Crippen LogP contribution in [0.1, 0.15) is 6.92 Å². The molecule has 138 valence electrons. The molecule has 25 heavy (non-hydrogen) atoms. The lowest BCUT2D eigenvalue weighted by molar-refractivity contribution is -0.137. The lowest BCUT2D eigenvalue weighted by Gasteiger charge is -2.35. The summed E-state index contributed by atoms with van der Waals surface area (Å²) in [4.78, 5) is 27.1. The molecule has 9 heteroatoms. The molecule has 1 aromatic rings. The minimum Gasteiger partial charge on any atom is -0.497 e. The van der Waals surface area contributed by atoms with Crippen LogP contribution in [0, 0.1) is 0 Å². The van der Waals surface area contributed by atoms with E-state index in [9.17, 15) is 18.0 Å². The van der Waals surface area contributed by atoms with E-state index in [0.717, 1.165) is 10.6 Å². The van der Waals surface area contributed by atoms with E-state index in [4.69, 9.17) is 4.74 Å². The van der Waals surface area contributed by atoms with Gasteiger partial charge in [-0.3, -0.25) is 13.9 Å². The lowest BCUT2D eigenvalue weighted by Crippen LogP contribution is -2.52. The van der Waals surface area contributed by atoms with Crippen LogP contribution in [-0.4, -0.2) is 76.1 Å². The van der Waals surface area contributed by atoms with Crippen molar-refractivity contribution in [2.45, 2.75) is 6.92 Å². The van der Waals surface area contributed by atoms with Crippen LogP contribution in [0.3, 0.4) is 0 Å². The third kappa shape index (κ3) is 4.85. The third-order valence-corrected chi connectivity index (χ3v) is 5.24. The third-order valence-electron chi connectivity index (χ3n) is 4.10. The van der Waals surface area contributed by atoms with Crippen LogP contribution in [0.4, 0.5) is 5.69 Å². The highest BCUT2D eigenvalue weighted by molar-refractivity contribution is 7.92. The van der Waals surface area contributed by atoms with E-state index in [-0.39, 0.29) is 18.4 Å². The molecule has 1 aliphatic heterocycles. The van der Waals surface area contributed by atoms with Crippen LogP contribution < -0.4 is 9.04 Å².